The number of halogens is 3. The monoisotopic (exact) mass is 462 g/mol. The number of nitrogens with zero attached hydrogens (tertiary/aromatic N) is 2. The topological polar surface area (TPSA) is 17.8 Å². The summed E-state index contributed by atoms with van der Waals surface area (Å²) in [4.78, 5) is 4.42. The maximum Gasteiger partial charge on any atom is 0.108 e. The molecule has 20 heavy (non-hydrogen) atoms. The van der Waals surface area contributed by atoms with Crippen molar-refractivity contribution in [2.24, 2.45) is 7.05 Å². The molecule has 0 aliphatic carbocycles. The van der Waals surface area contributed by atoms with Crippen molar-refractivity contribution in [3.63, 3.8) is 0 Å². The molecule has 1 aromatic carbocycles. The van der Waals surface area contributed by atoms with Crippen LogP contribution in [0.15, 0.2) is 41.1 Å². The first-order chi connectivity index (χ1) is 9.61. The molecule has 0 N–H and O–H groups in total. The summed E-state index contributed by atoms with van der Waals surface area (Å²) in [6.07, 6.45) is 5.87. The third-order valence-corrected chi connectivity index (χ3v) is 6.34. The van der Waals surface area contributed by atoms with E-state index in [4.69, 9.17) is 0 Å². The number of aryl methyl sites for hydroxylation is 2. The van der Waals surface area contributed by atoms with Gasteiger partial charge in [0.1, 0.15) is 5.82 Å². The largest absolute Gasteiger partial charge is 0.338 e. The number of aromatic nitrogens is 2. The minimum Gasteiger partial charge on any atom is -0.338 e. The number of hydrogen-bond acceptors (Lipinski definition) is 1. The predicted octanol–water partition coefficient (Wildman–Crippen LogP) is 4.84. The van der Waals surface area contributed by atoms with Gasteiger partial charge in [0.05, 0.1) is 0 Å². The third-order valence-electron chi connectivity index (χ3n) is 3.70. The lowest BCUT2D eigenvalue weighted by Crippen LogP contribution is -2.31. The molecular weight excluding hydrogens is 448 g/mol. The third kappa shape index (κ3) is 3.55. The summed E-state index contributed by atoms with van der Waals surface area (Å²) < 4.78 is 3.21. The SMILES string of the molecule is Cn1ccnc1CCC(CBr)(CBr)c1cccc(Br)c1. The molecule has 5 heteroatoms. The highest BCUT2D eigenvalue weighted by atomic mass is 79.9. The average Bonchev–Trinajstić information content (AvgIpc) is 2.86. The van der Waals surface area contributed by atoms with E-state index in [1.165, 1.54) is 5.56 Å². The molecule has 108 valence electrons. The number of alkyl halides is 2. The molecule has 1 aromatic heterocycles. The van der Waals surface area contributed by atoms with Crippen LogP contribution in [0.25, 0.3) is 0 Å². The van der Waals surface area contributed by atoms with Crippen molar-refractivity contribution in [1.82, 2.24) is 9.55 Å². The van der Waals surface area contributed by atoms with E-state index in [0.29, 0.717) is 0 Å². The molecule has 1 heterocycles. The number of rotatable bonds is 6. The molecule has 2 aromatic rings. The number of hydrogen-bond donors (Lipinski definition) is 0. The fraction of sp³-hybridized carbons (Fsp3) is 0.400. The van der Waals surface area contributed by atoms with Crippen LogP contribution in [-0.4, -0.2) is 20.2 Å². The highest BCUT2D eigenvalue weighted by Gasteiger charge is 2.30. The standard InChI is InChI=1S/C15H17Br3N2/c1-20-8-7-19-14(20)5-6-15(10-16,11-17)12-3-2-4-13(18)9-12/h2-4,7-9H,5-6,10-11H2,1H3. The van der Waals surface area contributed by atoms with Gasteiger partial charge in [0.25, 0.3) is 0 Å². The number of imidazole rings is 1. The molecule has 0 radical (unpaired) electrons. The minimum atomic E-state index is 0.0791. The van der Waals surface area contributed by atoms with Crippen LogP contribution in [-0.2, 0) is 18.9 Å². The first-order valence-corrected chi connectivity index (χ1v) is 9.49. The Labute approximate surface area is 145 Å². The Morgan fingerprint density at radius 2 is 2.00 bits per heavy atom. The lowest BCUT2D eigenvalue weighted by atomic mass is 9.80. The fourth-order valence-electron chi connectivity index (χ4n) is 2.27. The van der Waals surface area contributed by atoms with Gasteiger partial charge in [0.2, 0.25) is 0 Å². The molecule has 0 unspecified atom stereocenters. The Morgan fingerprint density at radius 3 is 2.55 bits per heavy atom. The molecule has 2 rings (SSSR count). The number of benzene rings is 1. The lowest BCUT2D eigenvalue weighted by molar-refractivity contribution is 0.493. The average molecular weight is 465 g/mol. The van der Waals surface area contributed by atoms with Gasteiger partial charge in [-0.1, -0.05) is 59.9 Å². The second kappa shape index (κ2) is 7.23. The van der Waals surface area contributed by atoms with Crippen molar-refractivity contribution in [3.8, 4) is 0 Å². The van der Waals surface area contributed by atoms with E-state index in [1.54, 1.807) is 0 Å². The summed E-state index contributed by atoms with van der Waals surface area (Å²) in [6.45, 7) is 0. The second-order valence-corrected chi connectivity index (χ2v) is 7.05. The van der Waals surface area contributed by atoms with Gasteiger partial charge in [-0.25, -0.2) is 4.98 Å². The summed E-state index contributed by atoms with van der Waals surface area (Å²) in [6, 6.07) is 8.57. The van der Waals surface area contributed by atoms with Crippen molar-refractivity contribution in [2.75, 3.05) is 10.7 Å². The molecule has 0 bridgehead atoms. The van der Waals surface area contributed by atoms with E-state index in [9.17, 15) is 0 Å². The van der Waals surface area contributed by atoms with E-state index in [1.807, 2.05) is 19.4 Å². The van der Waals surface area contributed by atoms with Gasteiger partial charge in [-0.05, 0) is 24.1 Å². The summed E-state index contributed by atoms with van der Waals surface area (Å²) >= 11 is 11.0. The predicted molar refractivity (Wildman–Crippen MR) is 94.9 cm³/mol. The summed E-state index contributed by atoms with van der Waals surface area (Å²) in [5.74, 6) is 1.13. The smallest absolute Gasteiger partial charge is 0.108 e. The summed E-state index contributed by atoms with van der Waals surface area (Å²) in [7, 11) is 2.05. The van der Waals surface area contributed by atoms with E-state index in [2.05, 4.69) is 81.6 Å². The van der Waals surface area contributed by atoms with E-state index in [-0.39, 0.29) is 5.41 Å². The van der Waals surface area contributed by atoms with Crippen molar-refractivity contribution < 1.29 is 0 Å². The highest BCUT2D eigenvalue weighted by molar-refractivity contribution is 9.10. The van der Waals surface area contributed by atoms with Gasteiger partial charge >= 0.3 is 0 Å². The van der Waals surface area contributed by atoms with Crippen molar-refractivity contribution in [2.45, 2.75) is 18.3 Å². The molecule has 0 aliphatic rings. The summed E-state index contributed by atoms with van der Waals surface area (Å²) in [5.41, 5.74) is 1.42. The Kier molecular flexibility index (Phi) is 5.87. The van der Waals surface area contributed by atoms with Crippen LogP contribution in [0.2, 0.25) is 0 Å². The van der Waals surface area contributed by atoms with Gasteiger partial charge in [-0.2, -0.15) is 0 Å². The van der Waals surface area contributed by atoms with E-state index < -0.39 is 0 Å². The highest BCUT2D eigenvalue weighted by Crippen LogP contribution is 2.34. The zero-order valence-corrected chi connectivity index (χ0v) is 16.1. The van der Waals surface area contributed by atoms with Gasteiger partial charge in [-0.3, -0.25) is 0 Å². The maximum absolute atomic E-state index is 4.42. The van der Waals surface area contributed by atoms with E-state index in [0.717, 1.165) is 33.8 Å². The molecular formula is C15H17Br3N2. The molecule has 0 aliphatic heterocycles. The fourth-order valence-corrected chi connectivity index (χ4v) is 4.81. The van der Waals surface area contributed by atoms with Crippen LogP contribution >= 0.6 is 47.8 Å². The van der Waals surface area contributed by atoms with E-state index >= 15 is 0 Å². The zero-order chi connectivity index (χ0) is 14.6. The van der Waals surface area contributed by atoms with Gasteiger partial charge in [-0.15, -0.1) is 0 Å². The van der Waals surface area contributed by atoms with Crippen molar-refractivity contribution in [3.05, 3.63) is 52.5 Å². The quantitative estimate of drug-likeness (QED) is 0.559. The maximum atomic E-state index is 4.42. The van der Waals surface area contributed by atoms with Crippen LogP contribution in [0.5, 0.6) is 0 Å². The molecule has 0 fully saturated rings. The van der Waals surface area contributed by atoms with Gasteiger partial charge in [0.15, 0.2) is 0 Å². The van der Waals surface area contributed by atoms with Crippen LogP contribution in [0, 0.1) is 0 Å². The van der Waals surface area contributed by atoms with Crippen molar-refractivity contribution >= 4 is 47.8 Å². The van der Waals surface area contributed by atoms with Crippen LogP contribution in [0.3, 0.4) is 0 Å². The molecule has 2 nitrogen and oxygen atoms in total. The van der Waals surface area contributed by atoms with Crippen LogP contribution < -0.4 is 0 Å². The Morgan fingerprint density at radius 1 is 1.25 bits per heavy atom. The molecule has 0 saturated heterocycles. The van der Waals surface area contributed by atoms with Crippen LogP contribution in [0.4, 0.5) is 0 Å². The normalized spacial score (nSPS) is 11.8. The summed E-state index contributed by atoms with van der Waals surface area (Å²) in [5, 5.41) is 1.85. The first-order valence-electron chi connectivity index (χ1n) is 6.45. The van der Waals surface area contributed by atoms with Gasteiger partial charge < -0.3 is 4.57 Å². The molecule has 0 atom stereocenters. The van der Waals surface area contributed by atoms with Gasteiger partial charge in [0, 0.05) is 46.4 Å². The molecule has 0 saturated carbocycles. The molecule has 0 amide bonds. The molecule has 0 spiro atoms. The Bertz CT molecular complexity index is 562. The Balaban J connectivity index is 2.23. The lowest BCUT2D eigenvalue weighted by Gasteiger charge is -2.31. The second-order valence-electron chi connectivity index (χ2n) is 5.01. The van der Waals surface area contributed by atoms with Crippen molar-refractivity contribution in [1.29, 1.82) is 0 Å². The zero-order valence-electron chi connectivity index (χ0n) is 11.3. The Hall–Kier alpha value is -0.130. The first kappa shape index (κ1) is 16.2. The minimum absolute atomic E-state index is 0.0791. The van der Waals surface area contributed by atoms with Crippen LogP contribution in [0.1, 0.15) is 17.8 Å².